The molecule has 1 aromatic heterocycles. The number of hydrogen-bond acceptors (Lipinski definition) is 6. The Morgan fingerprint density at radius 3 is 2.50 bits per heavy atom. The summed E-state index contributed by atoms with van der Waals surface area (Å²) < 4.78 is 40.6. The van der Waals surface area contributed by atoms with Crippen molar-refractivity contribution in [2.75, 3.05) is 19.5 Å². The van der Waals surface area contributed by atoms with Crippen LogP contribution in [0.5, 0.6) is 17.2 Å². The van der Waals surface area contributed by atoms with E-state index >= 15 is 0 Å². The third kappa shape index (κ3) is 3.67. The second-order valence-corrected chi connectivity index (χ2v) is 6.05. The highest BCUT2D eigenvalue weighted by Gasteiger charge is 2.17. The smallest absolute Gasteiger partial charge is 0.387 e. The first-order valence-corrected chi connectivity index (χ1v) is 8.21. The first-order valence-electron chi connectivity index (χ1n) is 7.39. The van der Waals surface area contributed by atoms with Gasteiger partial charge in [-0.2, -0.15) is 8.78 Å². The number of benzene rings is 2. The molecule has 0 aliphatic rings. The van der Waals surface area contributed by atoms with E-state index in [1.807, 2.05) is 0 Å². The zero-order valence-corrected chi connectivity index (χ0v) is 14.6. The number of thiazole rings is 1. The van der Waals surface area contributed by atoms with Crippen LogP contribution in [0.2, 0.25) is 0 Å². The van der Waals surface area contributed by atoms with Crippen LogP contribution in [0, 0.1) is 0 Å². The topological polar surface area (TPSA) is 69.7 Å². The number of anilines is 1. The van der Waals surface area contributed by atoms with E-state index in [2.05, 4.69) is 15.0 Å². The number of amides is 1. The molecular formula is C17H14F2N2O4S. The number of carbonyl (C=O) groups is 1. The highest BCUT2D eigenvalue weighted by Crippen LogP contribution is 2.36. The summed E-state index contributed by atoms with van der Waals surface area (Å²) in [5.74, 6) is 0.250. The van der Waals surface area contributed by atoms with Crippen molar-refractivity contribution >= 4 is 32.6 Å². The predicted octanol–water partition coefficient (Wildman–Crippen LogP) is 4.17. The van der Waals surface area contributed by atoms with Gasteiger partial charge in [0, 0.05) is 12.1 Å². The molecule has 3 rings (SSSR count). The zero-order chi connectivity index (χ0) is 18.7. The maximum atomic E-state index is 12.5. The summed E-state index contributed by atoms with van der Waals surface area (Å²) in [4.78, 5) is 16.7. The number of nitrogens with zero attached hydrogens (tertiary/aromatic N) is 1. The molecule has 0 bridgehead atoms. The van der Waals surface area contributed by atoms with E-state index in [1.165, 1.54) is 43.8 Å². The molecular weight excluding hydrogens is 366 g/mol. The normalized spacial score (nSPS) is 10.8. The number of nitrogens with one attached hydrogen (secondary N) is 1. The lowest BCUT2D eigenvalue weighted by atomic mass is 10.2. The standard InChI is InChI=1S/C17H14F2N2O4S/c1-23-12-7-10-14(8-13(12)24-2)26-17(20-10)21-15(22)9-5-3-4-6-11(9)25-16(18)19/h3-8,16H,1-2H3,(H,20,21,22). The lowest BCUT2D eigenvalue weighted by Gasteiger charge is -2.09. The maximum Gasteiger partial charge on any atom is 0.387 e. The molecule has 0 radical (unpaired) electrons. The molecule has 0 saturated heterocycles. The number of halogens is 2. The number of carbonyl (C=O) groups excluding carboxylic acids is 1. The van der Waals surface area contributed by atoms with Crippen molar-refractivity contribution in [1.82, 2.24) is 4.98 Å². The molecule has 0 aliphatic carbocycles. The number of para-hydroxylation sites is 1. The number of aromatic nitrogens is 1. The molecule has 0 spiro atoms. The first-order chi connectivity index (χ1) is 12.5. The van der Waals surface area contributed by atoms with Gasteiger partial charge in [0.1, 0.15) is 5.75 Å². The van der Waals surface area contributed by atoms with Gasteiger partial charge in [0.15, 0.2) is 16.6 Å². The summed E-state index contributed by atoms with van der Waals surface area (Å²) in [6, 6.07) is 9.19. The Balaban J connectivity index is 1.88. The van der Waals surface area contributed by atoms with E-state index in [4.69, 9.17) is 9.47 Å². The zero-order valence-electron chi connectivity index (χ0n) is 13.8. The van der Waals surface area contributed by atoms with Gasteiger partial charge in [0.2, 0.25) is 0 Å². The molecule has 0 unspecified atom stereocenters. The second-order valence-electron chi connectivity index (χ2n) is 5.02. The molecule has 9 heteroatoms. The Labute approximate surface area is 151 Å². The van der Waals surface area contributed by atoms with Crippen molar-refractivity contribution in [3.63, 3.8) is 0 Å². The van der Waals surface area contributed by atoms with Gasteiger partial charge in [0.05, 0.1) is 30.0 Å². The number of alkyl halides is 2. The van der Waals surface area contributed by atoms with E-state index in [9.17, 15) is 13.6 Å². The highest BCUT2D eigenvalue weighted by atomic mass is 32.1. The summed E-state index contributed by atoms with van der Waals surface area (Å²) in [6.07, 6.45) is 0. The van der Waals surface area contributed by atoms with Crippen molar-refractivity contribution in [3.8, 4) is 17.2 Å². The van der Waals surface area contributed by atoms with Crippen LogP contribution in [0.4, 0.5) is 13.9 Å². The van der Waals surface area contributed by atoms with E-state index in [1.54, 1.807) is 18.2 Å². The third-order valence-corrected chi connectivity index (χ3v) is 4.40. The fraction of sp³-hybridized carbons (Fsp3) is 0.176. The van der Waals surface area contributed by atoms with Gasteiger partial charge in [-0.15, -0.1) is 0 Å². The Morgan fingerprint density at radius 2 is 1.81 bits per heavy atom. The van der Waals surface area contributed by atoms with Crippen LogP contribution >= 0.6 is 11.3 Å². The van der Waals surface area contributed by atoms with Crippen LogP contribution in [0.1, 0.15) is 10.4 Å². The van der Waals surface area contributed by atoms with Crippen molar-refractivity contribution in [2.24, 2.45) is 0 Å². The van der Waals surface area contributed by atoms with Crippen molar-refractivity contribution in [2.45, 2.75) is 6.61 Å². The Morgan fingerprint density at radius 1 is 1.12 bits per heavy atom. The van der Waals surface area contributed by atoms with Crippen molar-refractivity contribution in [3.05, 3.63) is 42.0 Å². The largest absolute Gasteiger partial charge is 0.493 e. The molecule has 26 heavy (non-hydrogen) atoms. The molecule has 136 valence electrons. The SMILES string of the molecule is COc1cc2nc(NC(=O)c3ccccc3OC(F)F)sc2cc1OC. The molecule has 2 aromatic carbocycles. The lowest BCUT2D eigenvalue weighted by Crippen LogP contribution is -2.14. The molecule has 3 aromatic rings. The molecule has 0 saturated carbocycles. The van der Waals surface area contributed by atoms with Crippen LogP contribution in [-0.2, 0) is 0 Å². The van der Waals surface area contributed by atoms with E-state index in [-0.39, 0.29) is 11.3 Å². The van der Waals surface area contributed by atoms with Crippen molar-refractivity contribution in [1.29, 1.82) is 0 Å². The Kier molecular flexibility index (Phi) is 5.17. The summed E-state index contributed by atoms with van der Waals surface area (Å²) in [6.45, 7) is -3.02. The molecule has 0 fully saturated rings. The fourth-order valence-corrected chi connectivity index (χ4v) is 3.20. The Hall–Kier alpha value is -2.94. The van der Waals surface area contributed by atoms with Crippen LogP contribution in [0.3, 0.4) is 0 Å². The second kappa shape index (κ2) is 7.52. The maximum absolute atomic E-state index is 12.5. The molecule has 1 heterocycles. The minimum atomic E-state index is -3.02. The molecule has 1 amide bonds. The number of ether oxygens (including phenoxy) is 3. The van der Waals surface area contributed by atoms with Gasteiger partial charge < -0.3 is 14.2 Å². The third-order valence-electron chi connectivity index (χ3n) is 3.46. The molecule has 6 nitrogen and oxygen atoms in total. The van der Waals surface area contributed by atoms with Gasteiger partial charge in [-0.1, -0.05) is 23.5 Å². The van der Waals surface area contributed by atoms with E-state index in [0.717, 1.165) is 4.70 Å². The summed E-state index contributed by atoms with van der Waals surface area (Å²) in [7, 11) is 3.03. The first kappa shape index (κ1) is 17.9. The minimum Gasteiger partial charge on any atom is -0.493 e. The van der Waals surface area contributed by atoms with Crippen molar-refractivity contribution < 1.29 is 27.8 Å². The van der Waals surface area contributed by atoms with Gasteiger partial charge in [-0.25, -0.2) is 4.98 Å². The predicted molar refractivity (Wildman–Crippen MR) is 93.8 cm³/mol. The summed E-state index contributed by atoms with van der Waals surface area (Å²) in [5, 5.41) is 2.91. The lowest BCUT2D eigenvalue weighted by molar-refractivity contribution is -0.0501. The molecule has 1 N–H and O–H groups in total. The van der Waals surface area contributed by atoms with Gasteiger partial charge in [0.25, 0.3) is 5.91 Å². The van der Waals surface area contributed by atoms with Crippen LogP contribution < -0.4 is 19.5 Å². The van der Waals surface area contributed by atoms with E-state index < -0.39 is 12.5 Å². The average molecular weight is 380 g/mol. The number of hydrogen-bond donors (Lipinski definition) is 1. The van der Waals surface area contributed by atoms with Crippen LogP contribution in [0.15, 0.2) is 36.4 Å². The fourth-order valence-electron chi connectivity index (χ4n) is 2.33. The minimum absolute atomic E-state index is 0.0118. The van der Waals surface area contributed by atoms with Gasteiger partial charge in [-0.05, 0) is 12.1 Å². The molecule has 0 atom stereocenters. The number of methoxy groups -OCH3 is 2. The molecule has 0 aliphatic heterocycles. The summed E-state index contributed by atoms with van der Waals surface area (Å²) >= 11 is 1.22. The quantitative estimate of drug-likeness (QED) is 0.695. The number of fused-ring (bicyclic) bond motifs is 1. The van der Waals surface area contributed by atoms with Crippen LogP contribution in [-0.4, -0.2) is 31.7 Å². The monoisotopic (exact) mass is 380 g/mol. The Bertz CT molecular complexity index is 905. The van der Waals surface area contributed by atoms with Crippen LogP contribution in [0.25, 0.3) is 10.2 Å². The number of rotatable bonds is 6. The highest BCUT2D eigenvalue weighted by molar-refractivity contribution is 7.22. The summed E-state index contributed by atoms with van der Waals surface area (Å²) in [5.41, 5.74) is 0.599. The van der Waals surface area contributed by atoms with Gasteiger partial charge in [-0.3, -0.25) is 10.1 Å². The van der Waals surface area contributed by atoms with E-state index in [0.29, 0.717) is 22.1 Å². The van der Waals surface area contributed by atoms with Gasteiger partial charge >= 0.3 is 6.61 Å². The average Bonchev–Trinajstić information content (AvgIpc) is 3.01.